The fourth-order valence-corrected chi connectivity index (χ4v) is 2.00. The normalized spacial score (nSPS) is 22.9. The summed E-state index contributed by atoms with van der Waals surface area (Å²) in [5, 5.41) is 9.37. The van der Waals surface area contributed by atoms with Crippen molar-refractivity contribution in [2.75, 3.05) is 46.9 Å². The van der Waals surface area contributed by atoms with E-state index in [-0.39, 0.29) is 0 Å². The molecule has 16 heavy (non-hydrogen) atoms. The molecule has 1 aliphatic rings. The van der Waals surface area contributed by atoms with Gasteiger partial charge in [0.25, 0.3) is 0 Å². The number of methoxy groups -OCH3 is 1. The molecule has 0 bridgehead atoms. The first-order valence-electron chi connectivity index (χ1n) is 5.66. The molecule has 94 valence electrons. The largest absolute Gasteiger partial charge is 0.480 e. The van der Waals surface area contributed by atoms with Gasteiger partial charge in [0.2, 0.25) is 0 Å². The summed E-state index contributed by atoms with van der Waals surface area (Å²) in [5.74, 6) is -0.755. The predicted octanol–water partition coefficient (Wildman–Crippen LogP) is 0.114. The van der Waals surface area contributed by atoms with Gasteiger partial charge >= 0.3 is 5.97 Å². The second kappa shape index (κ2) is 5.61. The minimum Gasteiger partial charge on any atom is -0.480 e. The number of hydrogen-bond donors (Lipinski definition) is 1. The zero-order valence-electron chi connectivity index (χ0n) is 10.4. The molecule has 0 spiro atoms. The highest BCUT2D eigenvalue weighted by Gasteiger charge is 2.40. The van der Waals surface area contributed by atoms with Crippen LogP contribution in [0.3, 0.4) is 0 Å². The number of aliphatic carboxylic acids is 1. The van der Waals surface area contributed by atoms with Crippen molar-refractivity contribution in [3.63, 3.8) is 0 Å². The van der Waals surface area contributed by atoms with Gasteiger partial charge in [0, 0.05) is 39.9 Å². The first kappa shape index (κ1) is 13.4. The molecule has 0 aromatic heterocycles. The number of nitrogens with zero attached hydrogens (tertiary/aromatic N) is 2. The number of piperazine rings is 1. The Labute approximate surface area is 97.0 Å². The van der Waals surface area contributed by atoms with Crippen molar-refractivity contribution in [3.05, 3.63) is 0 Å². The van der Waals surface area contributed by atoms with Crippen molar-refractivity contribution in [2.24, 2.45) is 0 Å². The highest BCUT2D eigenvalue weighted by molar-refractivity contribution is 5.78. The van der Waals surface area contributed by atoms with Crippen molar-refractivity contribution >= 4 is 5.97 Å². The summed E-state index contributed by atoms with van der Waals surface area (Å²) in [5.41, 5.74) is -0.794. The van der Waals surface area contributed by atoms with E-state index in [1.807, 2.05) is 4.90 Å². The Hall–Kier alpha value is -0.650. The van der Waals surface area contributed by atoms with Gasteiger partial charge in [0.05, 0.1) is 0 Å². The summed E-state index contributed by atoms with van der Waals surface area (Å²) in [7, 11) is 3.66. The van der Waals surface area contributed by atoms with Crippen LogP contribution in [0.5, 0.6) is 0 Å². The van der Waals surface area contributed by atoms with Gasteiger partial charge < -0.3 is 14.7 Å². The average molecular weight is 230 g/mol. The van der Waals surface area contributed by atoms with Gasteiger partial charge in [-0.25, -0.2) is 0 Å². The molecule has 1 saturated heterocycles. The molecule has 0 aromatic carbocycles. The molecule has 0 aliphatic carbocycles. The van der Waals surface area contributed by atoms with Gasteiger partial charge in [-0.1, -0.05) is 0 Å². The van der Waals surface area contributed by atoms with Crippen molar-refractivity contribution in [2.45, 2.75) is 18.9 Å². The van der Waals surface area contributed by atoms with E-state index in [0.29, 0.717) is 13.0 Å². The van der Waals surface area contributed by atoms with E-state index in [9.17, 15) is 9.90 Å². The lowest BCUT2D eigenvalue weighted by Crippen LogP contribution is -2.59. The van der Waals surface area contributed by atoms with Gasteiger partial charge in [0.1, 0.15) is 5.54 Å². The molecule has 1 aliphatic heterocycles. The second-order valence-corrected chi connectivity index (χ2v) is 4.61. The third kappa shape index (κ3) is 2.93. The molecule has 1 heterocycles. The second-order valence-electron chi connectivity index (χ2n) is 4.61. The third-order valence-corrected chi connectivity index (χ3v) is 3.45. The Kier molecular flexibility index (Phi) is 4.70. The molecule has 1 atom stereocenters. The molecule has 1 N–H and O–H groups in total. The fraction of sp³-hybridized carbons (Fsp3) is 0.909. The fourth-order valence-electron chi connectivity index (χ4n) is 2.00. The van der Waals surface area contributed by atoms with Crippen molar-refractivity contribution in [3.8, 4) is 0 Å². The smallest absolute Gasteiger partial charge is 0.323 e. The van der Waals surface area contributed by atoms with Crippen LogP contribution in [0, 0.1) is 0 Å². The SMILES string of the molecule is COCCC(C)(C(=O)O)N1CCN(C)CC1. The third-order valence-electron chi connectivity index (χ3n) is 3.45. The van der Waals surface area contributed by atoms with Crippen molar-refractivity contribution in [1.29, 1.82) is 0 Å². The Morgan fingerprint density at radius 3 is 2.38 bits per heavy atom. The minimum absolute atomic E-state index is 0.481. The van der Waals surface area contributed by atoms with E-state index < -0.39 is 11.5 Å². The standard InChI is InChI=1S/C11H22N2O3/c1-11(10(14)15,4-9-16-3)13-7-5-12(2)6-8-13/h4-9H2,1-3H3,(H,14,15). The lowest BCUT2D eigenvalue weighted by Gasteiger charge is -2.42. The quantitative estimate of drug-likeness (QED) is 0.726. The molecule has 0 aromatic rings. The number of carbonyl (C=O) groups is 1. The van der Waals surface area contributed by atoms with Crippen molar-refractivity contribution < 1.29 is 14.6 Å². The Balaban J connectivity index is 2.65. The summed E-state index contributed by atoms with van der Waals surface area (Å²) < 4.78 is 5.00. The number of hydrogen-bond acceptors (Lipinski definition) is 4. The summed E-state index contributed by atoms with van der Waals surface area (Å²) in [6.07, 6.45) is 0.530. The number of carboxylic acids is 1. The molecular weight excluding hydrogens is 208 g/mol. The Bertz CT molecular complexity index is 239. The number of ether oxygens (including phenoxy) is 1. The Morgan fingerprint density at radius 2 is 1.94 bits per heavy atom. The highest BCUT2D eigenvalue weighted by Crippen LogP contribution is 2.21. The number of rotatable bonds is 5. The van der Waals surface area contributed by atoms with Crippen LogP contribution < -0.4 is 0 Å². The summed E-state index contributed by atoms with van der Waals surface area (Å²) >= 11 is 0. The first-order valence-corrected chi connectivity index (χ1v) is 5.66. The van der Waals surface area contributed by atoms with Crippen LogP contribution in [0.4, 0.5) is 0 Å². The number of carboxylic acid groups (broad SMARTS) is 1. The molecule has 0 amide bonds. The lowest BCUT2D eigenvalue weighted by atomic mass is 9.95. The lowest BCUT2D eigenvalue weighted by molar-refractivity contribution is -0.153. The van der Waals surface area contributed by atoms with Gasteiger partial charge in [-0.2, -0.15) is 0 Å². The monoisotopic (exact) mass is 230 g/mol. The van der Waals surface area contributed by atoms with E-state index in [0.717, 1.165) is 26.2 Å². The van der Waals surface area contributed by atoms with E-state index in [1.54, 1.807) is 14.0 Å². The first-order chi connectivity index (χ1) is 7.50. The summed E-state index contributed by atoms with van der Waals surface area (Å²) in [6, 6.07) is 0. The van der Waals surface area contributed by atoms with Crippen LogP contribution in [0.1, 0.15) is 13.3 Å². The maximum atomic E-state index is 11.4. The van der Waals surface area contributed by atoms with Crippen LogP contribution in [-0.4, -0.2) is 73.4 Å². The molecule has 5 nitrogen and oxygen atoms in total. The van der Waals surface area contributed by atoms with Crippen LogP contribution in [-0.2, 0) is 9.53 Å². The van der Waals surface area contributed by atoms with Crippen LogP contribution in [0.15, 0.2) is 0 Å². The molecule has 0 saturated carbocycles. The molecule has 1 unspecified atom stereocenters. The summed E-state index contributed by atoms with van der Waals surface area (Å²) in [6.45, 7) is 5.74. The minimum atomic E-state index is -0.794. The van der Waals surface area contributed by atoms with E-state index in [4.69, 9.17) is 4.74 Å². The molecule has 0 radical (unpaired) electrons. The zero-order chi connectivity index (χ0) is 12.2. The maximum absolute atomic E-state index is 11.4. The molecule has 5 heteroatoms. The van der Waals surface area contributed by atoms with Gasteiger partial charge in [-0.05, 0) is 20.4 Å². The van der Waals surface area contributed by atoms with Gasteiger partial charge in [0.15, 0.2) is 0 Å². The van der Waals surface area contributed by atoms with Crippen LogP contribution >= 0.6 is 0 Å². The van der Waals surface area contributed by atoms with Crippen LogP contribution in [0.2, 0.25) is 0 Å². The zero-order valence-corrected chi connectivity index (χ0v) is 10.4. The van der Waals surface area contributed by atoms with Gasteiger partial charge in [-0.15, -0.1) is 0 Å². The van der Waals surface area contributed by atoms with Crippen molar-refractivity contribution in [1.82, 2.24) is 9.80 Å². The summed E-state index contributed by atoms with van der Waals surface area (Å²) in [4.78, 5) is 15.7. The topological polar surface area (TPSA) is 53.0 Å². The number of likely N-dealkylation sites (N-methyl/N-ethyl adjacent to an activating group) is 1. The van der Waals surface area contributed by atoms with E-state index in [1.165, 1.54) is 0 Å². The average Bonchev–Trinajstić information content (AvgIpc) is 2.26. The molecule has 1 rings (SSSR count). The molecular formula is C11H22N2O3. The predicted molar refractivity (Wildman–Crippen MR) is 61.6 cm³/mol. The maximum Gasteiger partial charge on any atom is 0.323 e. The Morgan fingerprint density at radius 1 is 1.38 bits per heavy atom. The van der Waals surface area contributed by atoms with E-state index in [2.05, 4.69) is 11.9 Å². The van der Waals surface area contributed by atoms with Gasteiger partial charge in [-0.3, -0.25) is 9.69 Å². The van der Waals surface area contributed by atoms with Crippen LogP contribution in [0.25, 0.3) is 0 Å². The van der Waals surface area contributed by atoms with E-state index >= 15 is 0 Å². The highest BCUT2D eigenvalue weighted by atomic mass is 16.5. The molecule has 1 fully saturated rings.